The Hall–Kier alpha value is -3.75. The number of thiocarbonyl (C=S) groups is 1. The summed E-state index contributed by atoms with van der Waals surface area (Å²) in [6.45, 7) is 5.91. The quantitative estimate of drug-likeness (QED) is 0.310. The second-order valence-corrected chi connectivity index (χ2v) is 7.85. The predicted molar refractivity (Wildman–Crippen MR) is 142 cm³/mol. The van der Waals surface area contributed by atoms with Crippen molar-refractivity contribution in [1.29, 1.82) is 0 Å². The predicted octanol–water partition coefficient (Wildman–Crippen LogP) is 4.90. The molecule has 0 bridgehead atoms. The van der Waals surface area contributed by atoms with Gasteiger partial charge in [-0.1, -0.05) is 24.3 Å². The molecule has 0 radical (unpaired) electrons. The molecule has 3 aromatic carbocycles. The van der Waals surface area contributed by atoms with Gasteiger partial charge in [0.1, 0.15) is 12.4 Å². The SMILES string of the molecule is CCOCCOc1cccc(C(=O)NC(=S)Nc2ccc(C(=O)N(CC)c3ccccc3)cc2)c1. The number of amides is 2. The van der Waals surface area contributed by atoms with E-state index < -0.39 is 0 Å². The van der Waals surface area contributed by atoms with Crippen molar-refractivity contribution in [3.05, 3.63) is 90.0 Å². The van der Waals surface area contributed by atoms with E-state index >= 15 is 0 Å². The Morgan fingerprint density at radius 2 is 1.63 bits per heavy atom. The van der Waals surface area contributed by atoms with Gasteiger partial charge in [-0.3, -0.25) is 14.9 Å². The third-order valence-corrected chi connectivity index (χ3v) is 5.25. The van der Waals surface area contributed by atoms with Gasteiger partial charge < -0.3 is 19.7 Å². The fourth-order valence-corrected chi connectivity index (χ4v) is 3.54. The lowest BCUT2D eigenvalue weighted by molar-refractivity contribution is 0.0972. The van der Waals surface area contributed by atoms with Gasteiger partial charge in [0.05, 0.1) is 6.61 Å². The molecule has 0 fully saturated rings. The first-order valence-corrected chi connectivity index (χ1v) is 11.8. The van der Waals surface area contributed by atoms with Crippen molar-refractivity contribution in [2.24, 2.45) is 0 Å². The summed E-state index contributed by atoms with van der Waals surface area (Å²) in [6.07, 6.45) is 0. The van der Waals surface area contributed by atoms with Crippen LogP contribution in [0.3, 0.4) is 0 Å². The Morgan fingerprint density at radius 3 is 2.31 bits per heavy atom. The first kappa shape index (κ1) is 25.9. The fourth-order valence-electron chi connectivity index (χ4n) is 3.33. The molecule has 3 aromatic rings. The van der Waals surface area contributed by atoms with E-state index in [9.17, 15) is 9.59 Å². The zero-order chi connectivity index (χ0) is 25.0. The van der Waals surface area contributed by atoms with Crippen LogP contribution in [-0.4, -0.2) is 43.3 Å². The van der Waals surface area contributed by atoms with Crippen molar-refractivity contribution in [3.8, 4) is 5.75 Å². The minimum Gasteiger partial charge on any atom is -0.491 e. The second-order valence-electron chi connectivity index (χ2n) is 7.44. The van der Waals surface area contributed by atoms with Gasteiger partial charge in [0.2, 0.25) is 0 Å². The van der Waals surface area contributed by atoms with Crippen LogP contribution in [-0.2, 0) is 4.74 Å². The van der Waals surface area contributed by atoms with E-state index in [0.29, 0.717) is 48.9 Å². The highest BCUT2D eigenvalue weighted by Crippen LogP contribution is 2.18. The number of para-hydroxylation sites is 1. The standard InChI is InChI=1S/C27H29N3O4S/c1-3-30(23-10-6-5-7-11-23)26(32)20-13-15-22(16-14-20)28-27(35)29-25(31)21-9-8-12-24(19-21)34-18-17-33-4-2/h5-16,19H,3-4,17-18H2,1-2H3,(H2,28,29,31,35). The van der Waals surface area contributed by atoms with Crippen molar-refractivity contribution < 1.29 is 19.1 Å². The number of anilines is 2. The summed E-state index contributed by atoms with van der Waals surface area (Å²) in [5, 5.41) is 5.78. The topological polar surface area (TPSA) is 79.9 Å². The number of nitrogens with zero attached hydrogens (tertiary/aromatic N) is 1. The molecular weight excluding hydrogens is 462 g/mol. The van der Waals surface area contributed by atoms with Gasteiger partial charge in [0.15, 0.2) is 5.11 Å². The maximum absolute atomic E-state index is 12.9. The maximum Gasteiger partial charge on any atom is 0.258 e. The molecule has 3 rings (SSSR count). The van der Waals surface area contributed by atoms with E-state index in [4.69, 9.17) is 21.7 Å². The van der Waals surface area contributed by atoms with Crippen LogP contribution in [0, 0.1) is 0 Å². The minimum atomic E-state index is -0.356. The van der Waals surface area contributed by atoms with Crippen LogP contribution in [0.1, 0.15) is 34.6 Å². The monoisotopic (exact) mass is 491 g/mol. The van der Waals surface area contributed by atoms with Crippen LogP contribution in [0.25, 0.3) is 0 Å². The van der Waals surface area contributed by atoms with Gasteiger partial charge in [-0.25, -0.2) is 0 Å². The van der Waals surface area contributed by atoms with Crippen LogP contribution in [0.5, 0.6) is 5.75 Å². The highest BCUT2D eigenvalue weighted by atomic mass is 32.1. The fraction of sp³-hybridized carbons (Fsp3) is 0.222. The first-order chi connectivity index (χ1) is 17.0. The zero-order valence-electron chi connectivity index (χ0n) is 19.8. The van der Waals surface area contributed by atoms with E-state index in [1.807, 2.05) is 44.2 Å². The Labute approximate surface area is 211 Å². The van der Waals surface area contributed by atoms with Crippen molar-refractivity contribution in [1.82, 2.24) is 5.32 Å². The van der Waals surface area contributed by atoms with Crippen molar-refractivity contribution in [3.63, 3.8) is 0 Å². The molecule has 0 aromatic heterocycles. The highest BCUT2D eigenvalue weighted by Gasteiger charge is 2.16. The Balaban J connectivity index is 1.56. The summed E-state index contributed by atoms with van der Waals surface area (Å²) in [5.41, 5.74) is 2.47. The number of ether oxygens (including phenoxy) is 2. The molecule has 0 aliphatic heterocycles. The van der Waals surface area contributed by atoms with Crippen molar-refractivity contribution in [2.45, 2.75) is 13.8 Å². The summed E-state index contributed by atoms with van der Waals surface area (Å²) in [5.74, 6) is 0.128. The molecule has 0 saturated carbocycles. The first-order valence-electron chi connectivity index (χ1n) is 11.4. The number of hydrogen-bond acceptors (Lipinski definition) is 5. The van der Waals surface area contributed by atoms with E-state index in [1.54, 1.807) is 53.4 Å². The summed E-state index contributed by atoms with van der Waals surface area (Å²) in [7, 11) is 0. The lowest BCUT2D eigenvalue weighted by Crippen LogP contribution is -2.34. The summed E-state index contributed by atoms with van der Waals surface area (Å²) in [6, 6.07) is 23.3. The van der Waals surface area contributed by atoms with Gasteiger partial charge in [-0.2, -0.15) is 0 Å². The van der Waals surface area contributed by atoms with Gasteiger partial charge >= 0.3 is 0 Å². The van der Waals surface area contributed by atoms with E-state index in [1.165, 1.54) is 0 Å². The normalized spacial score (nSPS) is 10.3. The molecule has 8 heteroatoms. The van der Waals surface area contributed by atoms with Crippen molar-refractivity contribution in [2.75, 3.05) is 36.6 Å². The van der Waals surface area contributed by atoms with Crippen LogP contribution in [0.2, 0.25) is 0 Å². The molecule has 35 heavy (non-hydrogen) atoms. The summed E-state index contributed by atoms with van der Waals surface area (Å²) < 4.78 is 10.8. The molecule has 2 N–H and O–H groups in total. The average Bonchev–Trinajstić information content (AvgIpc) is 2.88. The van der Waals surface area contributed by atoms with E-state index in [2.05, 4.69) is 10.6 Å². The molecule has 0 atom stereocenters. The van der Waals surface area contributed by atoms with Crippen molar-refractivity contribution >= 4 is 40.5 Å². The number of rotatable bonds is 10. The molecule has 7 nitrogen and oxygen atoms in total. The highest BCUT2D eigenvalue weighted by molar-refractivity contribution is 7.80. The average molecular weight is 492 g/mol. The number of benzene rings is 3. The molecule has 0 aliphatic rings. The summed E-state index contributed by atoms with van der Waals surface area (Å²) >= 11 is 5.29. The van der Waals surface area contributed by atoms with E-state index in [-0.39, 0.29) is 16.9 Å². The maximum atomic E-state index is 12.9. The molecular formula is C27H29N3O4S. The van der Waals surface area contributed by atoms with Gasteiger partial charge in [0.25, 0.3) is 11.8 Å². The Bertz CT molecular complexity index is 1140. The van der Waals surface area contributed by atoms with Gasteiger partial charge in [-0.05, 0) is 80.7 Å². The molecule has 0 saturated heterocycles. The number of hydrogen-bond donors (Lipinski definition) is 2. The Morgan fingerprint density at radius 1 is 0.886 bits per heavy atom. The molecule has 0 unspecified atom stereocenters. The largest absolute Gasteiger partial charge is 0.491 e. The van der Waals surface area contributed by atoms with Crippen LogP contribution >= 0.6 is 12.2 Å². The van der Waals surface area contributed by atoms with Crippen LogP contribution in [0.4, 0.5) is 11.4 Å². The van der Waals surface area contributed by atoms with Gasteiger partial charge in [-0.15, -0.1) is 0 Å². The number of carbonyl (C=O) groups excluding carboxylic acids is 2. The second kappa shape index (κ2) is 13.2. The molecule has 2 amide bonds. The molecule has 0 heterocycles. The lowest BCUT2D eigenvalue weighted by Gasteiger charge is -2.21. The van der Waals surface area contributed by atoms with E-state index in [0.717, 1.165) is 5.69 Å². The summed E-state index contributed by atoms with van der Waals surface area (Å²) in [4.78, 5) is 27.2. The van der Waals surface area contributed by atoms with Crippen LogP contribution < -0.4 is 20.3 Å². The minimum absolute atomic E-state index is 0.0931. The third kappa shape index (κ3) is 7.63. The zero-order valence-corrected chi connectivity index (χ0v) is 20.6. The molecule has 0 spiro atoms. The number of carbonyl (C=O) groups is 2. The number of nitrogens with one attached hydrogen (secondary N) is 2. The molecule has 0 aliphatic carbocycles. The third-order valence-electron chi connectivity index (χ3n) is 5.04. The Kier molecular flexibility index (Phi) is 9.77. The van der Waals surface area contributed by atoms with Gasteiger partial charge in [0, 0.05) is 35.7 Å². The van der Waals surface area contributed by atoms with Crippen LogP contribution in [0.15, 0.2) is 78.9 Å². The lowest BCUT2D eigenvalue weighted by atomic mass is 10.1. The smallest absolute Gasteiger partial charge is 0.258 e. The molecule has 182 valence electrons.